The molecule has 1 amide bonds. The number of phenolic OH excluding ortho intramolecular Hbond substituents is 1. The van der Waals surface area contributed by atoms with Crippen LogP contribution in [0.25, 0.3) is 0 Å². The molecule has 0 unspecified atom stereocenters. The Balaban J connectivity index is 1.98. The van der Waals surface area contributed by atoms with E-state index in [2.05, 4.69) is 31.3 Å². The predicted molar refractivity (Wildman–Crippen MR) is 84.2 cm³/mol. The van der Waals surface area contributed by atoms with Crippen LogP contribution < -0.4 is 11.1 Å². The molecule has 0 spiro atoms. The summed E-state index contributed by atoms with van der Waals surface area (Å²) in [5, 5.41) is 12.3. The molecule has 4 nitrogen and oxygen atoms in total. The molecule has 2 aromatic rings. The molecule has 0 aliphatic heterocycles. The van der Waals surface area contributed by atoms with E-state index in [0.717, 1.165) is 5.56 Å². The number of hydrogen-bond donors (Lipinski definition) is 3. The van der Waals surface area contributed by atoms with E-state index in [1.807, 2.05) is 12.1 Å². The van der Waals surface area contributed by atoms with Crippen LogP contribution in [-0.4, -0.2) is 11.0 Å². The van der Waals surface area contributed by atoms with Gasteiger partial charge in [0.2, 0.25) is 0 Å². The number of carbonyl (C=O) groups is 1. The smallest absolute Gasteiger partial charge is 0.251 e. The molecule has 0 aliphatic rings. The van der Waals surface area contributed by atoms with Crippen LogP contribution in [0.1, 0.15) is 41.3 Å². The van der Waals surface area contributed by atoms with Crippen LogP contribution in [0.3, 0.4) is 0 Å². The van der Waals surface area contributed by atoms with Gasteiger partial charge in [-0.25, -0.2) is 0 Å². The van der Waals surface area contributed by atoms with Crippen molar-refractivity contribution in [2.24, 2.45) is 0 Å². The Morgan fingerprint density at radius 3 is 2.43 bits per heavy atom. The minimum Gasteiger partial charge on any atom is -0.506 e. The molecule has 0 fully saturated rings. The molecule has 0 aliphatic carbocycles. The van der Waals surface area contributed by atoms with Crippen molar-refractivity contribution in [2.45, 2.75) is 26.3 Å². The highest BCUT2D eigenvalue weighted by molar-refractivity contribution is 5.95. The zero-order chi connectivity index (χ0) is 15.4. The van der Waals surface area contributed by atoms with Crippen molar-refractivity contribution in [3.8, 4) is 5.75 Å². The quantitative estimate of drug-likeness (QED) is 0.596. The number of phenols is 1. The molecular weight excluding hydrogens is 264 g/mol. The normalized spacial score (nSPS) is 10.6. The van der Waals surface area contributed by atoms with Gasteiger partial charge in [-0.2, -0.15) is 0 Å². The number of aromatic hydroxyl groups is 1. The number of nitrogen functional groups attached to an aromatic ring is 1. The van der Waals surface area contributed by atoms with E-state index in [1.165, 1.54) is 17.7 Å². The molecule has 0 aromatic heterocycles. The van der Waals surface area contributed by atoms with Crippen LogP contribution in [0.4, 0.5) is 5.69 Å². The predicted octanol–water partition coefficient (Wildman–Crippen LogP) is 3.03. The van der Waals surface area contributed by atoms with Crippen LogP contribution in [0.15, 0.2) is 42.5 Å². The van der Waals surface area contributed by atoms with E-state index < -0.39 is 0 Å². The van der Waals surface area contributed by atoms with Gasteiger partial charge < -0.3 is 16.2 Å². The molecular formula is C17H20N2O2. The average Bonchev–Trinajstić information content (AvgIpc) is 2.48. The summed E-state index contributed by atoms with van der Waals surface area (Å²) in [6.45, 7) is 4.73. The standard InChI is InChI=1S/C17H20N2O2/c1-11(2)13-5-3-12(4-6-13)10-19-17(21)14-7-8-15(18)16(20)9-14/h3-9,11,20H,10,18H2,1-2H3,(H,19,21). The topological polar surface area (TPSA) is 75.4 Å². The summed E-state index contributed by atoms with van der Waals surface area (Å²) in [4.78, 5) is 12.0. The lowest BCUT2D eigenvalue weighted by Crippen LogP contribution is -2.22. The number of rotatable bonds is 4. The molecule has 2 rings (SSSR count). The van der Waals surface area contributed by atoms with Gasteiger partial charge in [0, 0.05) is 12.1 Å². The van der Waals surface area contributed by atoms with Crippen LogP contribution in [-0.2, 0) is 6.54 Å². The lowest BCUT2D eigenvalue weighted by molar-refractivity contribution is 0.0950. The van der Waals surface area contributed by atoms with Gasteiger partial charge in [0.05, 0.1) is 5.69 Å². The Labute approximate surface area is 124 Å². The molecule has 0 atom stereocenters. The lowest BCUT2D eigenvalue weighted by Gasteiger charge is -2.09. The minimum atomic E-state index is -0.238. The van der Waals surface area contributed by atoms with Gasteiger partial charge in [-0.3, -0.25) is 4.79 Å². The number of nitrogens with one attached hydrogen (secondary N) is 1. The fraction of sp³-hybridized carbons (Fsp3) is 0.235. The second kappa shape index (κ2) is 6.31. The maximum Gasteiger partial charge on any atom is 0.251 e. The summed E-state index contributed by atoms with van der Waals surface area (Å²) in [7, 11) is 0. The Kier molecular flexibility index (Phi) is 4.48. The van der Waals surface area contributed by atoms with Crippen molar-refractivity contribution in [1.29, 1.82) is 0 Å². The molecule has 21 heavy (non-hydrogen) atoms. The number of hydrogen-bond acceptors (Lipinski definition) is 3. The molecule has 0 bridgehead atoms. The highest BCUT2D eigenvalue weighted by Gasteiger charge is 2.08. The van der Waals surface area contributed by atoms with Crippen molar-refractivity contribution in [3.05, 3.63) is 59.2 Å². The summed E-state index contributed by atoms with van der Waals surface area (Å²) < 4.78 is 0. The Morgan fingerprint density at radius 1 is 1.19 bits per heavy atom. The van der Waals surface area contributed by atoms with Gasteiger partial charge >= 0.3 is 0 Å². The van der Waals surface area contributed by atoms with E-state index in [1.54, 1.807) is 6.07 Å². The monoisotopic (exact) mass is 284 g/mol. The molecule has 4 N–H and O–H groups in total. The van der Waals surface area contributed by atoms with Crippen molar-refractivity contribution in [3.63, 3.8) is 0 Å². The van der Waals surface area contributed by atoms with Gasteiger partial charge in [-0.05, 0) is 35.2 Å². The van der Waals surface area contributed by atoms with Crippen molar-refractivity contribution >= 4 is 11.6 Å². The zero-order valence-electron chi connectivity index (χ0n) is 12.3. The maximum absolute atomic E-state index is 12.0. The fourth-order valence-corrected chi connectivity index (χ4v) is 1.99. The van der Waals surface area contributed by atoms with Crippen molar-refractivity contribution in [1.82, 2.24) is 5.32 Å². The van der Waals surface area contributed by atoms with Crippen molar-refractivity contribution in [2.75, 3.05) is 5.73 Å². The number of amides is 1. The van der Waals surface area contributed by atoms with Gasteiger partial charge in [0.25, 0.3) is 5.91 Å². The third kappa shape index (κ3) is 3.75. The van der Waals surface area contributed by atoms with E-state index in [-0.39, 0.29) is 17.3 Å². The summed E-state index contributed by atoms with van der Waals surface area (Å²) in [6.07, 6.45) is 0. The van der Waals surface area contributed by atoms with E-state index in [4.69, 9.17) is 5.73 Å². The van der Waals surface area contributed by atoms with Crippen LogP contribution in [0.5, 0.6) is 5.75 Å². The first-order chi connectivity index (χ1) is 9.97. The van der Waals surface area contributed by atoms with Crippen LogP contribution in [0.2, 0.25) is 0 Å². The summed E-state index contributed by atoms with van der Waals surface area (Å²) in [5.41, 5.74) is 8.47. The first-order valence-electron chi connectivity index (χ1n) is 6.93. The van der Waals surface area contributed by atoms with Gasteiger partial charge in [0.1, 0.15) is 5.75 Å². The zero-order valence-corrected chi connectivity index (χ0v) is 12.3. The molecule has 2 aromatic carbocycles. The largest absolute Gasteiger partial charge is 0.506 e. The Bertz CT molecular complexity index is 634. The van der Waals surface area contributed by atoms with Crippen molar-refractivity contribution < 1.29 is 9.90 Å². The van der Waals surface area contributed by atoms with Gasteiger partial charge in [-0.1, -0.05) is 38.1 Å². The SMILES string of the molecule is CC(C)c1ccc(CNC(=O)c2ccc(N)c(O)c2)cc1. The Hall–Kier alpha value is -2.49. The molecule has 4 heteroatoms. The highest BCUT2D eigenvalue weighted by Crippen LogP contribution is 2.20. The number of nitrogens with two attached hydrogens (primary N) is 1. The fourth-order valence-electron chi connectivity index (χ4n) is 1.99. The summed E-state index contributed by atoms with van der Waals surface area (Å²) in [5.74, 6) is 0.175. The minimum absolute atomic E-state index is 0.0797. The van der Waals surface area contributed by atoms with E-state index in [9.17, 15) is 9.90 Å². The maximum atomic E-state index is 12.0. The Morgan fingerprint density at radius 2 is 1.86 bits per heavy atom. The molecule has 0 heterocycles. The lowest BCUT2D eigenvalue weighted by atomic mass is 10.0. The van der Waals surface area contributed by atoms with Gasteiger partial charge in [-0.15, -0.1) is 0 Å². The number of benzene rings is 2. The average molecular weight is 284 g/mol. The third-order valence-electron chi connectivity index (χ3n) is 3.39. The van der Waals surface area contributed by atoms with E-state index >= 15 is 0 Å². The molecule has 0 radical (unpaired) electrons. The second-order valence-electron chi connectivity index (χ2n) is 5.35. The first kappa shape index (κ1) is 14.9. The van der Waals surface area contributed by atoms with Crippen LogP contribution in [0, 0.1) is 0 Å². The summed E-state index contributed by atoms with van der Waals surface area (Å²) in [6, 6.07) is 12.6. The third-order valence-corrected chi connectivity index (χ3v) is 3.39. The molecule has 0 saturated heterocycles. The second-order valence-corrected chi connectivity index (χ2v) is 5.35. The molecule has 0 saturated carbocycles. The summed E-state index contributed by atoms with van der Waals surface area (Å²) >= 11 is 0. The molecule has 110 valence electrons. The number of carbonyl (C=O) groups excluding carboxylic acids is 1. The van der Waals surface area contributed by atoms with Crippen LogP contribution >= 0.6 is 0 Å². The highest BCUT2D eigenvalue weighted by atomic mass is 16.3. The van der Waals surface area contributed by atoms with Gasteiger partial charge in [0.15, 0.2) is 0 Å². The first-order valence-corrected chi connectivity index (χ1v) is 6.93. The number of anilines is 1. The van der Waals surface area contributed by atoms with E-state index in [0.29, 0.717) is 18.0 Å².